The van der Waals surface area contributed by atoms with Gasteiger partial charge in [-0.05, 0) is 12.0 Å². The second kappa shape index (κ2) is 8.05. The zero-order valence-corrected chi connectivity index (χ0v) is 10.7. The first-order valence-corrected chi connectivity index (χ1v) is 5.87. The zero-order chi connectivity index (χ0) is 14.1. The second-order valence-electron chi connectivity index (χ2n) is 3.85. The summed E-state index contributed by atoms with van der Waals surface area (Å²) in [5.74, 6) is -1.15. The van der Waals surface area contributed by atoms with E-state index < -0.39 is 24.5 Å². The van der Waals surface area contributed by atoms with Crippen LogP contribution in [0.5, 0.6) is 0 Å². The van der Waals surface area contributed by atoms with Gasteiger partial charge in [-0.1, -0.05) is 42.5 Å². The molecule has 0 aliphatic carbocycles. The van der Waals surface area contributed by atoms with Gasteiger partial charge in [-0.15, -0.1) is 0 Å². The maximum atomic E-state index is 11.5. The third kappa shape index (κ3) is 5.35. The molecule has 0 spiro atoms. The summed E-state index contributed by atoms with van der Waals surface area (Å²) in [6, 6.07) is 8.79. The number of carbonyl (C=O) groups is 2. The number of rotatable bonds is 6. The highest BCUT2D eigenvalue weighted by molar-refractivity contribution is 5.85. The SMILES string of the molecule is COC(=O)[C@H](C/C=C/c1ccccc1)NC(=O)CO. The minimum absolute atomic E-state index is 0.299. The quantitative estimate of drug-likeness (QED) is 0.742. The summed E-state index contributed by atoms with van der Waals surface area (Å²) >= 11 is 0. The van der Waals surface area contributed by atoms with Crippen LogP contribution in [0, 0.1) is 0 Å². The van der Waals surface area contributed by atoms with Crippen molar-refractivity contribution in [3.8, 4) is 0 Å². The van der Waals surface area contributed by atoms with Crippen molar-refractivity contribution in [2.75, 3.05) is 13.7 Å². The van der Waals surface area contributed by atoms with Gasteiger partial charge in [0.1, 0.15) is 12.6 Å². The van der Waals surface area contributed by atoms with Crippen LogP contribution in [0.1, 0.15) is 12.0 Å². The Morgan fingerprint density at radius 2 is 2.05 bits per heavy atom. The Morgan fingerprint density at radius 3 is 2.63 bits per heavy atom. The van der Waals surface area contributed by atoms with Gasteiger partial charge in [0, 0.05) is 0 Å². The van der Waals surface area contributed by atoms with E-state index in [4.69, 9.17) is 5.11 Å². The first kappa shape index (κ1) is 14.9. The molecule has 0 aliphatic heterocycles. The number of methoxy groups -OCH3 is 1. The molecule has 2 N–H and O–H groups in total. The molecule has 19 heavy (non-hydrogen) atoms. The maximum Gasteiger partial charge on any atom is 0.328 e. The molecule has 1 rings (SSSR count). The van der Waals surface area contributed by atoms with Crippen LogP contribution in [-0.2, 0) is 14.3 Å². The lowest BCUT2D eigenvalue weighted by Crippen LogP contribution is -2.42. The molecule has 0 aromatic heterocycles. The van der Waals surface area contributed by atoms with Crippen molar-refractivity contribution in [3.63, 3.8) is 0 Å². The fourth-order valence-electron chi connectivity index (χ4n) is 1.50. The number of hydrogen-bond acceptors (Lipinski definition) is 4. The standard InChI is InChI=1S/C14H17NO4/c1-19-14(18)12(15-13(17)10-16)9-5-8-11-6-3-2-4-7-11/h2-8,12,16H,9-10H2,1H3,(H,15,17)/b8-5+/t12-/m0/s1. The lowest BCUT2D eigenvalue weighted by atomic mass is 10.1. The number of hydrogen-bond donors (Lipinski definition) is 2. The Labute approximate surface area is 111 Å². The minimum atomic E-state index is -0.787. The number of amides is 1. The van der Waals surface area contributed by atoms with Gasteiger partial charge in [0.2, 0.25) is 5.91 Å². The van der Waals surface area contributed by atoms with Crippen molar-refractivity contribution in [1.29, 1.82) is 0 Å². The lowest BCUT2D eigenvalue weighted by Gasteiger charge is -2.13. The summed E-state index contributed by atoms with van der Waals surface area (Å²) in [6.45, 7) is -0.657. The van der Waals surface area contributed by atoms with Crippen LogP contribution < -0.4 is 5.32 Å². The third-order valence-corrected chi connectivity index (χ3v) is 2.45. The summed E-state index contributed by atoms with van der Waals surface area (Å²) in [5, 5.41) is 11.0. The summed E-state index contributed by atoms with van der Waals surface area (Å²) in [6.07, 6.45) is 3.92. The Bertz CT molecular complexity index is 442. The maximum absolute atomic E-state index is 11.5. The van der Waals surface area contributed by atoms with Gasteiger partial charge in [-0.25, -0.2) is 4.79 Å². The summed E-state index contributed by atoms with van der Waals surface area (Å²) < 4.78 is 4.59. The Balaban J connectivity index is 2.60. The van der Waals surface area contributed by atoms with Gasteiger partial charge in [0.05, 0.1) is 7.11 Å². The third-order valence-electron chi connectivity index (χ3n) is 2.45. The van der Waals surface area contributed by atoms with Gasteiger partial charge >= 0.3 is 5.97 Å². The predicted molar refractivity (Wildman–Crippen MR) is 71.1 cm³/mol. The van der Waals surface area contributed by atoms with Crippen molar-refractivity contribution in [1.82, 2.24) is 5.32 Å². The van der Waals surface area contributed by atoms with Crippen molar-refractivity contribution in [2.45, 2.75) is 12.5 Å². The molecular formula is C14H17NO4. The summed E-state index contributed by atoms with van der Waals surface area (Å²) in [7, 11) is 1.25. The normalized spacial score (nSPS) is 12.1. The average molecular weight is 263 g/mol. The Morgan fingerprint density at radius 1 is 1.37 bits per heavy atom. The molecule has 5 nitrogen and oxygen atoms in total. The number of benzene rings is 1. The number of aliphatic hydroxyl groups excluding tert-OH is 1. The van der Waals surface area contributed by atoms with Crippen LogP contribution in [0.4, 0.5) is 0 Å². The molecule has 1 amide bonds. The minimum Gasteiger partial charge on any atom is -0.467 e. The van der Waals surface area contributed by atoms with E-state index in [9.17, 15) is 9.59 Å². The molecule has 0 unspecified atom stereocenters. The van der Waals surface area contributed by atoms with Gasteiger partial charge in [0.15, 0.2) is 0 Å². The van der Waals surface area contributed by atoms with Crippen LogP contribution in [0.3, 0.4) is 0 Å². The van der Waals surface area contributed by atoms with E-state index in [1.54, 1.807) is 6.08 Å². The molecule has 0 fully saturated rings. The van der Waals surface area contributed by atoms with Crippen molar-refractivity contribution in [3.05, 3.63) is 42.0 Å². The van der Waals surface area contributed by atoms with Gasteiger partial charge in [-0.3, -0.25) is 4.79 Å². The van der Waals surface area contributed by atoms with E-state index in [2.05, 4.69) is 10.1 Å². The van der Waals surface area contributed by atoms with Gasteiger partial charge in [-0.2, -0.15) is 0 Å². The molecule has 0 heterocycles. The van der Waals surface area contributed by atoms with E-state index in [1.807, 2.05) is 36.4 Å². The van der Waals surface area contributed by atoms with Crippen LogP contribution in [0.2, 0.25) is 0 Å². The highest BCUT2D eigenvalue weighted by atomic mass is 16.5. The summed E-state index contributed by atoms with van der Waals surface area (Å²) in [5.41, 5.74) is 1.000. The fraction of sp³-hybridized carbons (Fsp3) is 0.286. The molecule has 0 aliphatic rings. The average Bonchev–Trinajstić information content (AvgIpc) is 2.46. The van der Waals surface area contributed by atoms with Crippen LogP contribution in [-0.4, -0.2) is 36.7 Å². The first-order valence-electron chi connectivity index (χ1n) is 5.87. The molecule has 0 saturated heterocycles. The first-order chi connectivity index (χ1) is 9.17. The highest BCUT2D eigenvalue weighted by Gasteiger charge is 2.19. The Hall–Kier alpha value is -2.14. The van der Waals surface area contributed by atoms with E-state index in [1.165, 1.54) is 7.11 Å². The molecule has 1 aromatic carbocycles. The molecule has 0 bridgehead atoms. The zero-order valence-electron chi connectivity index (χ0n) is 10.7. The number of ether oxygens (including phenoxy) is 1. The highest BCUT2D eigenvalue weighted by Crippen LogP contribution is 2.04. The molecule has 102 valence electrons. The number of aliphatic hydroxyl groups is 1. The van der Waals surface area contributed by atoms with Crippen LogP contribution in [0.15, 0.2) is 36.4 Å². The van der Waals surface area contributed by atoms with E-state index in [0.717, 1.165) is 5.56 Å². The number of esters is 1. The van der Waals surface area contributed by atoms with Gasteiger partial charge < -0.3 is 15.2 Å². The monoisotopic (exact) mass is 263 g/mol. The Kier molecular flexibility index (Phi) is 6.32. The lowest BCUT2D eigenvalue weighted by molar-refractivity contribution is -0.145. The van der Waals surface area contributed by atoms with E-state index in [-0.39, 0.29) is 0 Å². The van der Waals surface area contributed by atoms with Crippen molar-refractivity contribution in [2.24, 2.45) is 0 Å². The van der Waals surface area contributed by atoms with E-state index >= 15 is 0 Å². The number of carbonyl (C=O) groups excluding carboxylic acids is 2. The number of nitrogens with one attached hydrogen (secondary N) is 1. The molecule has 0 saturated carbocycles. The summed E-state index contributed by atoms with van der Waals surface area (Å²) in [4.78, 5) is 22.5. The van der Waals surface area contributed by atoms with Crippen LogP contribution in [0.25, 0.3) is 6.08 Å². The van der Waals surface area contributed by atoms with Gasteiger partial charge in [0.25, 0.3) is 0 Å². The second-order valence-corrected chi connectivity index (χ2v) is 3.85. The molecule has 5 heteroatoms. The largest absolute Gasteiger partial charge is 0.467 e. The smallest absolute Gasteiger partial charge is 0.328 e. The van der Waals surface area contributed by atoms with Crippen molar-refractivity contribution < 1.29 is 19.4 Å². The van der Waals surface area contributed by atoms with E-state index in [0.29, 0.717) is 6.42 Å². The fourth-order valence-corrected chi connectivity index (χ4v) is 1.50. The molecule has 0 radical (unpaired) electrons. The molecule has 1 aromatic rings. The molecule has 1 atom stereocenters. The van der Waals surface area contributed by atoms with Crippen LogP contribution >= 0.6 is 0 Å². The molecular weight excluding hydrogens is 246 g/mol. The predicted octanol–water partition coefficient (Wildman–Crippen LogP) is 0.740. The van der Waals surface area contributed by atoms with Crippen molar-refractivity contribution >= 4 is 18.0 Å². The topological polar surface area (TPSA) is 75.6 Å².